The summed E-state index contributed by atoms with van der Waals surface area (Å²) in [5, 5.41) is 6.35. The Morgan fingerprint density at radius 1 is 1.00 bits per heavy atom. The molecule has 1 N–H and O–H groups in total. The largest absolute Gasteiger partial charge is 0.435 e. The Labute approximate surface area is 177 Å². The van der Waals surface area contributed by atoms with E-state index >= 15 is 0 Å². The molecule has 1 amide bonds. The van der Waals surface area contributed by atoms with E-state index in [-0.39, 0.29) is 5.91 Å². The lowest BCUT2D eigenvalue weighted by molar-refractivity contribution is -0.141. The van der Waals surface area contributed by atoms with Crippen LogP contribution in [0.4, 0.5) is 18.9 Å². The first-order valence-corrected chi connectivity index (χ1v) is 9.82. The Morgan fingerprint density at radius 3 is 2.29 bits per heavy atom. The molecule has 3 aromatic rings. The lowest BCUT2D eigenvalue weighted by Crippen LogP contribution is -2.35. The van der Waals surface area contributed by atoms with Gasteiger partial charge in [0.05, 0.1) is 18.9 Å². The number of carbonyl (C=O) groups excluding carboxylic acids is 1. The molecule has 0 saturated carbocycles. The van der Waals surface area contributed by atoms with Gasteiger partial charge in [0.2, 0.25) is 0 Å². The normalized spacial score (nSPS) is 15.1. The zero-order chi connectivity index (χ0) is 21.8. The molecular formula is C22H21F3N4O2. The fraction of sp³-hybridized carbons (Fsp3) is 0.273. The van der Waals surface area contributed by atoms with Crippen molar-refractivity contribution in [2.75, 3.05) is 31.6 Å². The molecule has 2 aromatic carbocycles. The van der Waals surface area contributed by atoms with Gasteiger partial charge in [-0.25, -0.2) is 4.68 Å². The second kappa shape index (κ2) is 8.91. The smallest absolute Gasteiger partial charge is 0.379 e. The van der Waals surface area contributed by atoms with Crippen LogP contribution in [0.3, 0.4) is 0 Å². The third-order valence-corrected chi connectivity index (χ3v) is 5.00. The van der Waals surface area contributed by atoms with Gasteiger partial charge in [0.15, 0.2) is 5.69 Å². The average molecular weight is 430 g/mol. The minimum absolute atomic E-state index is 0.302. The quantitative estimate of drug-likeness (QED) is 0.666. The van der Waals surface area contributed by atoms with Crippen molar-refractivity contribution in [1.29, 1.82) is 0 Å². The zero-order valence-electron chi connectivity index (χ0n) is 16.6. The number of amides is 1. The first-order chi connectivity index (χ1) is 14.9. The number of hydrogen-bond acceptors (Lipinski definition) is 4. The van der Waals surface area contributed by atoms with Crippen LogP contribution in [0.1, 0.15) is 21.6 Å². The summed E-state index contributed by atoms with van der Waals surface area (Å²) in [4.78, 5) is 14.8. The monoisotopic (exact) mass is 430 g/mol. The molecule has 0 spiro atoms. The van der Waals surface area contributed by atoms with Crippen LogP contribution in [0.2, 0.25) is 0 Å². The molecular weight excluding hydrogens is 409 g/mol. The van der Waals surface area contributed by atoms with Crippen molar-refractivity contribution < 1.29 is 22.7 Å². The van der Waals surface area contributed by atoms with Gasteiger partial charge in [-0.3, -0.25) is 9.69 Å². The summed E-state index contributed by atoms with van der Waals surface area (Å²) in [6.45, 7) is 4.14. The number of ether oxygens (including phenoxy) is 1. The molecule has 0 unspecified atom stereocenters. The number of halogens is 3. The molecule has 1 aromatic heterocycles. The summed E-state index contributed by atoms with van der Waals surface area (Å²) in [5.41, 5.74) is 1.68. The standard InChI is InChI=1S/C22H21F3N4O2/c23-22(24,25)20-9-10-29(27-20)19-7-3-17(4-8-19)21(30)26-18-5-1-16(2-6-18)15-28-11-13-31-14-12-28/h1-10H,11-15H2,(H,26,30). The number of morpholine rings is 1. The number of carbonyl (C=O) groups is 1. The molecule has 0 atom stereocenters. The van der Waals surface area contributed by atoms with Crippen LogP contribution >= 0.6 is 0 Å². The van der Waals surface area contributed by atoms with E-state index in [0.717, 1.165) is 49.2 Å². The minimum Gasteiger partial charge on any atom is -0.379 e. The second-order valence-corrected chi connectivity index (χ2v) is 7.23. The van der Waals surface area contributed by atoms with Crippen LogP contribution in [0.15, 0.2) is 60.8 Å². The molecule has 6 nitrogen and oxygen atoms in total. The molecule has 1 aliphatic heterocycles. The number of alkyl halides is 3. The van der Waals surface area contributed by atoms with E-state index < -0.39 is 11.9 Å². The molecule has 0 aliphatic carbocycles. The number of hydrogen-bond donors (Lipinski definition) is 1. The fourth-order valence-corrected chi connectivity index (χ4v) is 3.30. The van der Waals surface area contributed by atoms with Gasteiger partial charge in [0, 0.05) is 37.1 Å². The molecule has 162 valence electrons. The molecule has 1 aliphatic rings. The average Bonchev–Trinajstić information content (AvgIpc) is 3.27. The van der Waals surface area contributed by atoms with Crippen LogP contribution in [-0.2, 0) is 17.5 Å². The number of aromatic nitrogens is 2. The van der Waals surface area contributed by atoms with Gasteiger partial charge >= 0.3 is 6.18 Å². The predicted octanol–water partition coefficient (Wildman–Crippen LogP) is 3.98. The van der Waals surface area contributed by atoms with Crippen molar-refractivity contribution in [2.24, 2.45) is 0 Å². The minimum atomic E-state index is -4.50. The van der Waals surface area contributed by atoms with Crippen molar-refractivity contribution in [3.05, 3.63) is 77.6 Å². The van der Waals surface area contributed by atoms with Gasteiger partial charge in [-0.1, -0.05) is 12.1 Å². The summed E-state index contributed by atoms with van der Waals surface area (Å²) >= 11 is 0. The lowest BCUT2D eigenvalue weighted by Gasteiger charge is -2.26. The van der Waals surface area contributed by atoms with Crippen LogP contribution in [0.25, 0.3) is 5.69 Å². The first kappa shape index (κ1) is 21.1. The number of rotatable bonds is 5. The number of nitrogens with zero attached hydrogens (tertiary/aromatic N) is 3. The van der Waals surface area contributed by atoms with Crippen LogP contribution < -0.4 is 5.32 Å². The van der Waals surface area contributed by atoms with E-state index in [2.05, 4.69) is 15.3 Å². The Kier molecular flexibility index (Phi) is 6.06. The van der Waals surface area contributed by atoms with Crippen molar-refractivity contribution in [2.45, 2.75) is 12.7 Å². The van der Waals surface area contributed by atoms with E-state index in [1.54, 1.807) is 24.3 Å². The summed E-state index contributed by atoms with van der Waals surface area (Å²) in [6, 6.07) is 14.8. The van der Waals surface area contributed by atoms with Gasteiger partial charge in [-0.05, 0) is 48.0 Å². The van der Waals surface area contributed by atoms with Crippen molar-refractivity contribution >= 4 is 11.6 Å². The third-order valence-electron chi connectivity index (χ3n) is 5.00. The van der Waals surface area contributed by atoms with E-state index in [0.29, 0.717) is 16.9 Å². The maximum atomic E-state index is 12.7. The fourth-order valence-electron chi connectivity index (χ4n) is 3.30. The molecule has 1 fully saturated rings. The summed E-state index contributed by atoms with van der Waals surface area (Å²) in [5.74, 6) is -0.302. The van der Waals surface area contributed by atoms with Gasteiger partial charge in [-0.15, -0.1) is 0 Å². The molecule has 0 radical (unpaired) electrons. The topological polar surface area (TPSA) is 59.4 Å². The number of benzene rings is 2. The van der Waals surface area contributed by atoms with E-state index in [1.165, 1.54) is 6.20 Å². The molecule has 1 saturated heterocycles. The van der Waals surface area contributed by atoms with E-state index in [4.69, 9.17) is 4.74 Å². The summed E-state index contributed by atoms with van der Waals surface area (Å²) in [7, 11) is 0. The van der Waals surface area contributed by atoms with Crippen molar-refractivity contribution in [3.63, 3.8) is 0 Å². The highest BCUT2D eigenvalue weighted by molar-refractivity contribution is 6.04. The highest BCUT2D eigenvalue weighted by Crippen LogP contribution is 2.28. The predicted molar refractivity (Wildman–Crippen MR) is 109 cm³/mol. The summed E-state index contributed by atoms with van der Waals surface area (Å²) < 4.78 is 44.6. The van der Waals surface area contributed by atoms with Crippen LogP contribution in [-0.4, -0.2) is 46.9 Å². The molecule has 2 heterocycles. The maximum Gasteiger partial charge on any atom is 0.435 e. The van der Waals surface area contributed by atoms with Crippen molar-refractivity contribution in [3.8, 4) is 5.69 Å². The SMILES string of the molecule is O=C(Nc1ccc(CN2CCOCC2)cc1)c1ccc(-n2ccc(C(F)(F)F)n2)cc1. The van der Waals surface area contributed by atoms with Gasteiger partial charge < -0.3 is 10.1 Å². The second-order valence-electron chi connectivity index (χ2n) is 7.23. The Hall–Kier alpha value is -3.17. The highest BCUT2D eigenvalue weighted by atomic mass is 19.4. The molecule has 4 rings (SSSR count). The van der Waals surface area contributed by atoms with Crippen molar-refractivity contribution in [1.82, 2.24) is 14.7 Å². The van der Waals surface area contributed by atoms with Gasteiger partial charge in [0.25, 0.3) is 5.91 Å². The van der Waals surface area contributed by atoms with Gasteiger partial charge in [-0.2, -0.15) is 18.3 Å². The van der Waals surface area contributed by atoms with E-state index in [1.807, 2.05) is 24.3 Å². The maximum absolute atomic E-state index is 12.7. The highest BCUT2D eigenvalue weighted by Gasteiger charge is 2.33. The summed E-state index contributed by atoms with van der Waals surface area (Å²) in [6.07, 6.45) is -3.26. The molecule has 31 heavy (non-hydrogen) atoms. The van der Waals surface area contributed by atoms with Gasteiger partial charge in [0.1, 0.15) is 0 Å². The van der Waals surface area contributed by atoms with E-state index in [9.17, 15) is 18.0 Å². The lowest BCUT2D eigenvalue weighted by atomic mass is 10.1. The molecule has 0 bridgehead atoms. The Morgan fingerprint density at radius 2 is 1.68 bits per heavy atom. The third kappa shape index (κ3) is 5.31. The number of anilines is 1. The molecule has 9 heteroatoms. The zero-order valence-corrected chi connectivity index (χ0v) is 16.6. The Bertz CT molecular complexity index is 1020. The van der Waals surface area contributed by atoms with Crippen LogP contribution in [0.5, 0.6) is 0 Å². The van der Waals surface area contributed by atoms with Crippen LogP contribution in [0, 0.1) is 0 Å². The number of nitrogens with one attached hydrogen (secondary N) is 1. The first-order valence-electron chi connectivity index (χ1n) is 9.82. The Balaban J connectivity index is 1.36.